The molecule has 0 radical (unpaired) electrons. The van der Waals surface area contributed by atoms with Crippen molar-refractivity contribution in [1.29, 1.82) is 0 Å². The van der Waals surface area contributed by atoms with Gasteiger partial charge in [0.05, 0.1) is 0 Å². The Kier molecular flexibility index (Phi) is 58.6. The quantitative estimate of drug-likeness (QED) is 0.249. The number of hydrogen-bond donors (Lipinski definition) is 0. The highest BCUT2D eigenvalue weighted by atomic mass is 13.7. The maximum absolute atomic E-state index is 6.59. The predicted molar refractivity (Wildman–Crippen MR) is 378 cm³/mol. The van der Waals surface area contributed by atoms with Crippen LogP contribution in [0.2, 0.25) is 0 Å². The highest BCUT2D eigenvalue weighted by Gasteiger charge is 1.66. The topological polar surface area (TPSA) is 0 Å². The molecule has 0 aromatic heterocycles. The minimum Gasteiger partial charge on any atom is -0.358 e. The van der Waals surface area contributed by atoms with Gasteiger partial charge in [-0.15, -0.1) is 5.92 Å². The van der Waals surface area contributed by atoms with Crippen molar-refractivity contribution in [2.24, 2.45) is 0 Å². The lowest BCUT2D eigenvalue weighted by molar-refractivity contribution is 1.92. The zero-order valence-corrected chi connectivity index (χ0v) is 49.0. The molecule has 0 aromatic carbocycles. The lowest BCUT2D eigenvalue weighted by atomic mass is 10.4. The van der Waals surface area contributed by atoms with Crippen LogP contribution in [0.15, 0.2) is 0 Å². The third kappa shape index (κ3) is 74.9. The van der Waals surface area contributed by atoms with E-state index in [0.29, 0.717) is 0 Å². The summed E-state index contributed by atoms with van der Waals surface area (Å²) in [5.74, 6) is 236. The average Bonchev–Trinajstić information content (AvgIpc) is 3.61. The smallest absolute Gasteiger partial charge is 0 e. The Labute approximate surface area is 572 Å². The van der Waals surface area contributed by atoms with Crippen molar-refractivity contribution >= 4 is 0 Å². The van der Waals surface area contributed by atoms with Gasteiger partial charge in [0.15, 0.2) is 0 Å². The summed E-state index contributed by atoms with van der Waals surface area (Å²) >= 11 is 0. The Morgan fingerprint density at radius 3 is 0.186 bits per heavy atom. The van der Waals surface area contributed by atoms with Gasteiger partial charge in [-0.3, -0.25) is 5.92 Å². The van der Waals surface area contributed by atoms with Crippen LogP contribution in [0, 0.1) is 569 Å². The molecular formula is C97H3-. The molecule has 0 rings (SSSR count). The zero-order chi connectivity index (χ0) is 69.2. The summed E-state index contributed by atoms with van der Waals surface area (Å²) in [6, 6.07) is 0. The Balaban J connectivity index is 4.63. The van der Waals surface area contributed by atoms with E-state index >= 15 is 0 Å². The van der Waals surface area contributed by atoms with Gasteiger partial charge < -0.3 is 6.42 Å². The summed E-state index contributed by atoms with van der Waals surface area (Å²) in [7, 11) is 0. The van der Waals surface area contributed by atoms with E-state index in [4.69, 9.17) is 6.42 Å². The second kappa shape index (κ2) is 74.9. The Bertz CT molecular complexity index is 6820. The van der Waals surface area contributed by atoms with Gasteiger partial charge in [0.1, 0.15) is 0 Å². The molecule has 0 saturated carbocycles. The van der Waals surface area contributed by atoms with Crippen LogP contribution in [-0.2, 0) is 0 Å². The highest BCUT2D eigenvalue weighted by Crippen LogP contribution is 1.67. The first kappa shape index (κ1) is 75.9. The van der Waals surface area contributed by atoms with Crippen LogP contribution < -0.4 is 0 Å². The Morgan fingerprint density at radius 2 is 0.134 bits per heavy atom. The standard InChI is InChI=1S/C97H3/c1-3-5-7-9-11-13-15-17-19-21-23-25-27-29-31-33-35-37-39-41-43-45-47-49-51-53-55-57-59-61-63-65-67-69-71-73-75-77-79-81-83-85-87-89-91-93-95-97-96-94-92-90-88-86-84-82-80-78-76-74-72-70-68-66-64-62-60-58-56-54-52-50-48-46-44-42-40-38-36-34-32-30-28-26-24-22-20-18-16-14-12-10-8-6-4-2/h1H3/q-1. The molecule has 0 nitrogen and oxygen atoms in total. The van der Waals surface area contributed by atoms with Crippen molar-refractivity contribution < 1.29 is 0 Å². The summed E-state index contributed by atoms with van der Waals surface area (Å²) in [6.07, 6.45) is 6.59. The largest absolute Gasteiger partial charge is 0.358 e. The molecule has 0 atom stereocenters. The second-order valence-electron chi connectivity index (χ2n) is 12.0. The molecule has 0 aliphatic carbocycles. The minimum atomic E-state index is 1.68. The molecule has 0 aliphatic rings. The highest BCUT2D eigenvalue weighted by molar-refractivity contribution is 5.55. The molecule has 0 amide bonds. The minimum absolute atomic E-state index is 1.68. The molecule has 0 aromatic rings. The van der Waals surface area contributed by atoms with Crippen molar-refractivity contribution in [3.63, 3.8) is 0 Å². The monoisotopic (exact) mass is 1170 g/mol. The van der Waals surface area contributed by atoms with Gasteiger partial charge in [-0.1, -0.05) is 5.92 Å². The second-order valence-corrected chi connectivity index (χ2v) is 12.0. The lowest BCUT2D eigenvalue weighted by Gasteiger charge is -1.63. The molecule has 0 aliphatic heterocycles. The van der Waals surface area contributed by atoms with E-state index in [9.17, 15) is 0 Å². The average molecular weight is 1170 g/mol. The van der Waals surface area contributed by atoms with Crippen LogP contribution in [0.4, 0.5) is 0 Å². The van der Waals surface area contributed by atoms with Gasteiger partial charge in [0, 0.05) is 444 Å². The van der Waals surface area contributed by atoms with E-state index in [1.54, 1.807) is 6.92 Å². The molecule has 0 spiro atoms. The van der Waals surface area contributed by atoms with E-state index in [1.165, 1.54) is 0 Å². The molecule has 0 saturated heterocycles. The normalized spacial score (nSPS) is 3.96. The summed E-state index contributed by atoms with van der Waals surface area (Å²) in [5, 5.41) is 0. The fraction of sp³-hybridized carbons (Fsp3) is 0.0103. The van der Waals surface area contributed by atoms with Gasteiger partial charge in [0.25, 0.3) is 0 Å². The van der Waals surface area contributed by atoms with E-state index in [2.05, 4.69) is 557 Å². The van der Waals surface area contributed by atoms with Crippen molar-refractivity contribution in [1.82, 2.24) is 0 Å². The molecular weight excluding hydrogens is 1170 g/mol. The third-order valence-corrected chi connectivity index (χ3v) is 5.94. The van der Waals surface area contributed by atoms with E-state index < -0.39 is 0 Å². The first-order valence-electron chi connectivity index (χ1n) is 24.2. The van der Waals surface area contributed by atoms with E-state index in [-0.39, 0.29) is 0 Å². The van der Waals surface area contributed by atoms with Crippen LogP contribution in [0.3, 0.4) is 0 Å². The third-order valence-electron chi connectivity index (χ3n) is 5.94. The van der Waals surface area contributed by atoms with Crippen LogP contribution >= 0.6 is 0 Å². The SMILES string of the molecule is [C-]#CC#CC#CC#CC#CC#CC#CC#CC#CC#CC#CC#CC#CC#CC#CC#CC#CC#CC#CC#CC#CC#CC#CC#CC#CC#CC#CC#CC#CC#CC#CC#CC#CC#CC#CC#CC#CC#CC#CC#CC#CC#CC#CC#CC#CC#CC#CC#CC. The first-order valence-corrected chi connectivity index (χ1v) is 24.2. The van der Waals surface area contributed by atoms with Gasteiger partial charge in [-0.25, -0.2) is 5.92 Å². The molecule has 0 heterocycles. The Morgan fingerprint density at radius 1 is 0.0825 bits per heavy atom. The zero-order valence-electron chi connectivity index (χ0n) is 49.0. The van der Waals surface area contributed by atoms with Gasteiger partial charge >= 0.3 is 0 Å². The van der Waals surface area contributed by atoms with Gasteiger partial charge in [-0.05, 0) is 102 Å². The van der Waals surface area contributed by atoms with E-state index in [1.807, 2.05) is 5.92 Å². The maximum atomic E-state index is 6.59. The van der Waals surface area contributed by atoms with Crippen LogP contribution in [0.1, 0.15) is 6.92 Å². The summed E-state index contributed by atoms with van der Waals surface area (Å²) < 4.78 is 0. The number of rotatable bonds is 0. The lowest BCUT2D eigenvalue weighted by Crippen LogP contribution is -1.57. The molecule has 97 heavy (non-hydrogen) atoms. The summed E-state index contributed by atoms with van der Waals surface area (Å²) in [5.41, 5.74) is 0. The molecule has 0 N–H and O–H groups in total. The molecule has 0 unspecified atom stereocenters. The molecule has 0 heteroatoms. The summed E-state index contributed by atoms with van der Waals surface area (Å²) in [4.78, 5) is 0. The van der Waals surface area contributed by atoms with Crippen molar-refractivity contribution in [2.45, 2.75) is 6.92 Å². The predicted octanol–water partition coefficient (Wildman–Crippen LogP) is 0.756. The fourth-order valence-electron chi connectivity index (χ4n) is 2.94. The first-order chi connectivity index (χ1) is 48.4. The molecule has 0 fully saturated rings. The van der Waals surface area contributed by atoms with Gasteiger partial charge in [-0.2, -0.15) is 0 Å². The van der Waals surface area contributed by atoms with Crippen LogP contribution in [0.5, 0.6) is 0 Å². The van der Waals surface area contributed by atoms with Crippen LogP contribution in [-0.4, -0.2) is 0 Å². The summed E-state index contributed by atoms with van der Waals surface area (Å²) in [6.45, 7) is 1.68. The maximum Gasteiger partial charge on any atom is 0 e. The van der Waals surface area contributed by atoms with E-state index in [0.717, 1.165) is 0 Å². The molecule has 392 valence electrons. The fourth-order valence-corrected chi connectivity index (χ4v) is 2.94. The van der Waals surface area contributed by atoms with Crippen molar-refractivity contribution in [3.05, 3.63) is 6.42 Å². The van der Waals surface area contributed by atoms with Crippen molar-refractivity contribution in [2.75, 3.05) is 0 Å². The van der Waals surface area contributed by atoms with Gasteiger partial charge in [0.2, 0.25) is 0 Å². The van der Waals surface area contributed by atoms with Crippen molar-refractivity contribution in [3.8, 4) is 562 Å². The number of hydrogen-bond acceptors (Lipinski definition) is 0. The van der Waals surface area contributed by atoms with Crippen LogP contribution in [0.25, 0.3) is 0 Å². The molecule has 0 bridgehead atoms. The Hall–Kier alpha value is -21.1.